The van der Waals surface area contributed by atoms with Crippen molar-refractivity contribution in [3.8, 4) is 0 Å². The van der Waals surface area contributed by atoms with E-state index in [1.165, 1.54) is 4.57 Å². The Bertz CT molecular complexity index is 640. The smallest absolute Gasteiger partial charge is 0.408 e. The van der Waals surface area contributed by atoms with Gasteiger partial charge in [-0.1, -0.05) is 6.07 Å². The zero-order valence-corrected chi connectivity index (χ0v) is 12.1. The minimum absolute atomic E-state index is 0.106. The number of rotatable bonds is 4. The van der Waals surface area contributed by atoms with Crippen LogP contribution in [0.25, 0.3) is 11.1 Å². The third-order valence-electron chi connectivity index (χ3n) is 3.80. The van der Waals surface area contributed by atoms with E-state index in [1.54, 1.807) is 7.05 Å². The third-order valence-corrected chi connectivity index (χ3v) is 3.80. The Labute approximate surface area is 112 Å². The number of nitrogens with one attached hydrogen (secondary N) is 2. The van der Waals surface area contributed by atoms with Gasteiger partial charge in [0, 0.05) is 18.6 Å². The second-order valence-electron chi connectivity index (χ2n) is 5.35. The Morgan fingerprint density at radius 3 is 2.58 bits per heavy atom. The molecule has 0 fully saturated rings. The third kappa shape index (κ3) is 2.31. The highest BCUT2D eigenvalue weighted by Crippen LogP contribution is 2.27. The predicted octanol–water partition coefficient (Wildman–Crippen LogP) is 1.39. The van der Waals surface area contributed by atoms with Gasteiger partial charge in [0.05, 0.1) is 5.52 Å². The SMILES string of the molecule is CNC(c1ccc2oc(=O)n(C)c2c1)C(C)(C)NC. The Morgan fingerprint density at radius 2 is 2.00 bits per heavy atom. The Kier molecular flexibility index (Phi) is 3.52. The summed E-state index contributed by atoms with van der Waals surface area (Å²) in [5.74, 6) is -0.332. The number of benzene rings is 1. The molecule has 1 heterocycles. The van der Waals surface area contributed by atoms with E-state index in [9.17, 15) is 4.79 Å². The normalized spacial score (nSPS) is 13.9. The van der Waals surface area contributed by atoms with Crippen molar-refractivity contribution < 1.29 is 4.42 Å². The quantitative estimate of drug-likeness (QED) is 0.875. The highest BCUT2D eigenvalue weighted by Gasteiger charge is 2.28. The van der Waals surface area contributed by atoms with Crippen LogP contribution in [-0.4, -0.2) is 24.2 Å². The highest BCUT2D eigenvalue weighted by atomic mass is 16.4. The van der Waals surface area contributed by atoms with E-state index < -0.39 is 0 Å². The van der Waals surface area contributed by atoms with Crippen LogP contribution in [0.1, 0.15) is 25.5 Å². The number of hydrogen-bond acceptors (Lipinski definition) is 4. The van der Waals surface area contributed by atoms with E-state index in [-0.39, 0.29) is 17.3 Å². The fraction of sp³-hybridized carbons (Fsp3) is 0.500. The molecule has 0 aliphatic rings. The van der Waals surface area contributed by atoms with Gasteiger partial charge in [0.2, 0.25) is 0 Å². The summed E-state index contributed by atoms with van der Waals surface area (Å²) in [4.78, 5) is 11.5. The number of aryl methyl sites for hydroxylation is 1. The molecule has 0 aliphatic carbocycles. The van der Waals surface area contributed by atoms with Crippen molar-refractivity contribution in [2.24, 2.45) is 7.05 Å². The second-order valence-corrected chi connectivity index (χ2v) is 5.35. The molecule has 5 nitrogen and oxygen atoms in total. The van der Waals surface area contributed by atoms with E-state index in [0.29, 0.717) is 5.58 Å². The molecule has 1 unspecified atom stereocenters. The van der Waals surface area contributed by atoms with E-state index >= 15 is 0 Å². The van der Waals surface area contributed by atoms with Crippen LogP contribution in [0.15, 0.2) is 27.4 Å². The van der Waals surface area contributed by atoms with Crippen LogP contribution in [0.2, 0.25) is 0 Å². The maximum absolute atomic E-state index is 11.5. The number of hydrogen-bond donors (Lipinski definition) is 2. The number of nitrogens with zero attached hydrogens (tertiary/aromatic N) is 1. The molecule has 0 saturated carbocycles. The molecule has 2 rings (SSSR count). The maximum Gasteiger partial charge on any atom is 0.419 e. The van der Waals surface area contributed by atoms with Gasteiger partial charge in [-0.05, 0) is 45.6 Å². The van der Waals surface area contributed by atoms with E-state index in [0.717, 1.165) is 11.1 Å². The first-order valence-corrected chi connectivity index (χ1v) is 6.36. The van der Waals surface area contributed by atoms with Gasteiger partial charge in [0.25, 0.3) is 0 Å². The van der Waals surface area contributed by atoms with Gasteiger partial charge < -0.3 is 15.1 Å². The lowest BCUT2D eigenvalue weighted by atomic mass is 9.88. The van der Waals surface area contributed by atoms with Crippen molar-refractivity contribution in [1.29, 1.82) is 0 Å². The van der Waals surface area contributed by atoms with Gasteiger partial charge in [0.15, 0.2) is 5.58 Å². The lowest BCUT2D eigenvalue weighted by Crippen LogP contribution is -2.47. The lowest BCUT2D eigenvalue weighted by Gasteiger charge is -2.34. The molecule has 0 saturated heterocycles. The van der Waals surface area contributed by atoms with Gasteiger partial charge in [-0.3, -0.25) is 4.57 Å². The fourth-order valence-electron chi connectivity index (χ4n) is 2.41. The average Bonchev–Trinajstić information content (AvgIpc) is 2.66. The summed E-state index contributed by atoms with van der Waals surface area (Å²) in [6.45, 7) is 4.26. The van der Waals surface area contributed by atoms with Crippen LogP contribution >= 0.6 is 0 Å². The molecule has 5 heteroatoms. The molecule has 0 bridgehead atoms. The average molecular weight is 263 g/mol. The van der Waals surface area contributed by atoms with Crippen molar-refractivity contribution >= 4 is 11.1 Å². The van der Waals surface area contributed by atoms with Crippen LogP contribution in [0.4, 0.5) is 0 Å². The summed E-state index contributed by atoms with van der Waals surface area (Å²) in [7, 11) is 5.59. The molecule has 19 heavy (non-hydrogen) atoms. The summed E-state index contributed by atoms with van der Waals surface area (Å²) in [5, 5.41) is 6.62. The minimum Gasteiger partial charge on any atom is -0.408 e. The van der Waals surface area contributed by atoms with Gasteiger partial charge >= 0.3 is 5.76 Å². The first-order valence-electron chi connectivity index (χ1n) is 6.36. The Morgan fingerprint density at radius 1 is 1.32 bits per heavy atom. The predicted molar refractivity (Wildman–Crippen MR) is 76.4 cm³/mol. The lowest BCUT2D eigenvalue weighted by molar-refractivity contribution is 0.311. The molecule has 0 amide bonds. The van der Waals surface area contributed by atoms with Crippen LogP contribution in [-0.2, 0) is 7.05 Å². The van der Waals surface area contributed by atoms with Gasteiger partial charge in [-0.2, -0.15) is 0 Å². The van der Waals surface area contributed by atoms with Crippen molar-refractivity contribution in [2.45, 2.75) is 25.4 Å². The van der Waals surface area contributed by atoms with Gasteiger partial charge in [-0.25, -0.2) is 4.79 Å². The topological polar surface area (TPSA) is 59.2 Å². The molecule has 1 aromatic heterocycles. The molecule has 2 N–H and O–H groups in total. The first kappa shape index (κ1) is 13.8. The summed E-state index contributed by atoms with van der Waals surface area (Å²) < 4.78 is 6.68. The number of fused-ring (bicyclic) bond motifs is 1. The summed E-state index contributed by atoms with van der Waals surface area (Å²) in [6.07, 6.45) is 0. The summed E-state index contributed by atoms with van der Waals surface area (Å²) >= 11 is 0. The van der Waals surface area contributed by atoms with Crippen molar-refractivity contribution in [1.82, 2.24) is 15.2 Å². The molecule has 1 atom stereocenters. The van der Waals surface area contributed by atoms with Crippen molar-refractivity contribution in [3.63, 3.8) is 0 Å². The van der Waals surface area contributed by atoms with E-state index in [4.69, 9.17) is 4.42 Å². The monoisotopic (exact) mass is 263 g/mol. The molecule has 0 radical (unpaired) electrons. The maximum atomic E-state index is 11.5. The second kappa shape index (κ2) is 4.83. The fourth-order valence-corrected chi connectivity index (χ4v) is 2.41. The Balaban J connectivity index is 2.56. The van der Waals surface area contributed by atoms with Crippen LogP contribution in [0, 0.1) is 0 Å². The van der Waals surface area contributed by atoms with Crippen molar-refractivity contribution in [3.05, 3.63) is 34.3 Å². The Hall–Kier alpha value is -1.59. The van der Waals surface area contributed by atoms with Crippen LogP contribution < -0.4 is 16.4 Å². The number of likely N-dealkylation sites (N-methyl/N-ethyl adjacent to an activating group) is 2. The van der Waals surface area contributed by atoms with Gasteiger partial charge in [-0.15, -0.1) is 0 Å². The summed E-state index contributed by atoms with van der Waals surface area (Å²) in [5.41, 5.74) is 2.44. The zero-order chi connectivity index (χ0) is 14.2. The largest absolute Gasteiger partial charge is 0.419 e. The van der Waals surface area contributed by atoms with Crippen LogP contribution in [0.5, 0.6) is 0 Å². The molecule has 0 spiro atoms. The summed E-state index contributed by atoms with van der Waals surface area (Å²) in [6, 6.07) is 5.97. The molecule has 2 aromatic rings. The van der Waals surface area contributed by atoms with Crippen LogP contribution in [0.3, 0.4) is 0 Å². The molecule has 1 aromatic carbocycles. The highest BCUT2D eigenvalue weighted by molar-refractivity contribution is 5.74. The van der Waals surface area contributed by atoms with E-state index in [2.05, 4.69) is 24.5 Å². The zero-order valence-electron chi connectivity index (χ0n) is 12.1. The minimum atomic E-state index is -0.332. The molecular formula is C14H21N3O2. The van der Waals surface area contributed by atoms with E-state index in [1.807, 2.05) is 32.3 Å². The number of oxazole rings is 1. The first-order chi connectivity index (χ1) is 8.90. The molecule has 104 valence electrons. The van der Waals surface area contributed by atoms with Gasteiger partial charge in [0.1, 0.15) is 0 Å². The van der Waals surface area contributed by atoms with Crippen molar-refractivity contribution in [2.75, 3.05) is 14.1 Å². The number of aromatic nitrogens is 1. The standard InChI is InChI=1S/C14H21N3O2/c1-14(2,16-4)12(15-3)9-6-7-11-10(8-9)17(5)13(18)19-11/h6-8,12,15-16H,1-5H3. The molecule has 0 aliphatic heterocycles. The molecular weight excluding hydrogens is 242 g/mol.